The van der Waals surface area contributed by atoms with E-state index in [4.69, 9.17) is 0 Å². The first-order valence-electron chi connectivity index (χ1n) is 6.00. The first-order chi connectivity index (χ1) is 7.84. The van der Waals surface area contributed by atoms with Crippen molar-refractivity contribution in [1.82, 2.24) is 10.6 Å². The van der Waals surface area contributed by atoms with Crippen LogP contribution >= 0.6 is 12.4 Å². The highest BCUT2D eigenvalue weighted by Gasteiger charge is 2.11. The summed E-state index contributed by atoms with van der Waals surface area (Å²) in [5.41, 5.74) is 1.15. The molecule has 2 rings (SSSR count). The van der Waals surface area contributed by atoms with Gasteiger partial charge in [0.2, 0.25) is 0 Å². The van der Waals surface area contributed by atoms with E-state index in [0.29, 0.717) is 0 Å². The van der Waals surface area contributed by atoms with Crippen molar-refractivity contribution in [3.8, 4) is 0 Å². The van der Waals surface area contributed by atoms with Crippen LogP contribution in [0.25, 0.3) is 0 Å². The van der Waals surface area contributed by atoms with Crippen molar-refractivity contribution < 1.29 is 4.39 Å². The second kappa shape index (κ2) is 7.64. The molecule has 1 aromatic carbocycles. The Hall–Kier alpha value is -0.640. The first-order valence-corrected chi connectivity index (χ1v) is 6.00. The summed E-state index contributed by atoms with van der Waals surface area (Å²) in [6, 6.07) is 6.71. The van der Waals surface area contributed by atoms with Crippen molar-refractivity contribution in [2.45, 2.75) is 19.4 Å². The van der Waals surface area contributed by atoms with E-state index >= 15 is 0 Å². The number of halogens is 2. The molecule has 0 amide bonds. The zero-order valence-corrected chi connectivity index (χ0v) is 10.7. The van der Waals surface area contributed by atoms with Crippen LogP contribution in [-0.2, 0) is 6.54 Å². The van der Waals surface area contributed by atoms with Crippen molar-refractivity contribution in [2.24, 2.45) is 5.92 Å². The molecule has 0 unspecified atom stereocenters. The lowest BCUT2D eigenvalue weighted by Crippen LogP contribution is -2.33. The Kier molecular flexibility index (Phi) is 6.48. The van der Waals surface area contributed by atoms with Gasteiger partial charge in [0.15, 0.2) is 0 Å². The fourth-order valence-corrected chi connectivity index (χ4v) is 2.11. The second-order valence-corrected chi connectivity index (χ2v) is 4.45. The molecule has 4 heteroatoms. The van der Waals surface area contributed by atoms with Crippen molar-refractivity contribution in [3.05, 3.63) is 35.6 Å². The molecule has 1 fully saturated rings. The SMILES string of the molecule is Cl.Fc1ccc(CNCC2CCNCC2)cc1. The molecule has 1 saturated heterocycles. The molecular weight excluding hydrogens is 239 g/mol. The summed E-state index contributed by atoms with van der Waals surface area (Å²) in [5, 5.41) is 6.80. The number of benzene rings is 1. The minimum absolute atomic E-state index is 0. The van der Waals surface area contributed by atoms with Gasteiger partial charge in [0.1, 0.15) is 5.82 Å². The summed E-state index contributed by atoms with van der Waals surface area (Å²) < 4.78 is 12.7. The van der Waals surface area contributed by atoms with Crippen molar-refractivity contribution in [2.75, 3.05) is 19.6 Å². The maximum absolute atomic E-state index is 12.7. The largest absolute Gasteiger partial charge is 0.317 e. The molecule has 17 heavy (non-hydrogen) atoms. The molecule has 0 spiro atoms. The van der Waals surface area contributed by atoms with E-state index in [1.165, 1.54) is 25.0 Å². The van der Waals surface area contributed by atoms with E-state index in [1.807, 2.05) is 12.1 Å². The van der Waals surface area contributed by atoms with Crippen LogP contribution in [-0.4, -0.2) is 19.6 Å². The summed E-state index contributed by atoms with van der Waals surface area (Å²) >= 11 is 0. The highest BCUT2D eigenvalue weighted by atomic mass is 35.5. The predicted octanol–water partition coefficient (Wildman–Crippen LogP) is 2.34. The maximum atomic E-state index is 12.7. The minimum atomic E-state index is -0.165. The highest BCUT2D eigenvalue weighted by Crippen LogP contribution is 2.10. The Morgan fingerprint density at radius 2 is 1.82 bits per heavy atom. The third-order valence-corrected chi connectivity index (χ3v) is 3.13. The van der Waals surface area contributed by atoms with E-state index in [-0.39, 0.29) is 18.2 Å². The molecule has 0 aromatic heterocycles. The molecule has 1 aliphatic rings. The lowest BCUT2D eigenvalue weighted by atomic mass is 9.98. The summed E-state index contributed by atoms with van der Waals surface area (Å²) in [6.45, 7) is 4.19. The van der Waals surface area contributed by atoms with Crippen LogP contribution in [0.3, 0.4) is 0 Å². The number of hydrogen-bond acceptors (Lipinski definition) is 2. The summed E-state index contributed by atoms with van der Waals surface area (Å²) in [6.07, 6.45) is 2.52. The monoisotopic (exact) mass is 258 g/mol. The minimum Gasteiger partial charge on any atom is -0.317 e. The average molecular weight is 259 g/mol. The molecule has 0 saturated carbocycles. The van der Waals surface area contributed by atoms with E-state index in [1.54, 1.807) is 0 Å². The third kappa shape index (κ3) is 5.02. The molecule has 0 aliphatic carbocycles. The van der Waals surface area contributed by atoms with E-state index in [0.717, 1.165) is 37.7 Å². The van der Waals surface area contributed by atoms with Crippen molar-refractivity contribution >= 4 is 12.4 Å². The van der Waals surface area contributed by atoms with E-state index in [2.05, 4.69) is 10.6 Å². The van der Waals surface area contributed by atoms with Gasteiger partial charge in [0.05, 0.1) is 0 Å². The fraction of sp³-hybridized carbons (Fsp3) is 0.538. The molecule has 2 N–H and O–H groups in total. The van der Waals surface area contributed by atoms with Gasteiger partial charge in [-0.1, -0.05) is 12.1 Å². The Morgan fingerprint density at radius 3 is 2.47 bits per heavy atom. The fourth-order valence-electron chi connectivity index (χ4n) is 2.11. The molecule has 1 heterocycles. The lowest BCUT2D eigenvalue weighted by molar-refractivity contribution is 0.356. The van der Waals surface area contributed by atoms with Gasteiger partial charge >= 0.3 is 0 Å². The first kappa shape index (κ1) is 14.4. The quantitative estimate of drug-likeness (QED) is 0.866. The summed E-state index contributed by atoms with van der Waals surface area (Å²) in [7, 11) is 0. The van der Waals surface area contributed by atoms with Gasteiger partial charge in [-0.05, 0) is 56.1 Å². The topological polar surface area (TPSA) is 24.1 Å². The Balaban J connectivity index is 0.00000144. The molecule has 1 aromatic rings. The number of hydrogen-bond donors (Lipinski definition) is 2. The smallest absolute Gasteiger partial charge is 0.123 e. The maximum Gasteiger partial charge on any atom is 0.123 e. The van der Waals surface area contributed by atoms with Gasteiger partial charge in [-0.2, -0.15) is 0 Å². The number of piperidine rings is 1. The van der Waals surface area contributed by atoms with Gasteiger partial charge in [-0.25, -0.2) is 4.39 Å². The summed E-state index contributed by atoms with van der Waals surface area (Å²) in [4.78, 5) is 0. The predicted molar refractivity (Wildman–Crippen MR) is 70.9 cm³/mol. The lowest BCUT2D eigenvalue weighted by Gasteiger charge is -2.22. The summed E-state index contributed by atoms with van der Waals surface area (Å²) in [5.74, 6) is 0.629. The van der Waals surface area contributed by atoms with Crippen LogP contribution in [0.2, 0.25) is 0 Å². The average Bonchev–Trinajstić information content (AvgIpc) is 2.33. The van der Waals surface area contributed by atoms with Crippen LogP contribution in [0.5, 0.6) is 0 Å². The Labute approximate surface area is 108 Å². The van der Waals surface area contributed by atoms with Gasteiger partial charge in [-0.3, -0.25) is 0 Å². The van der Waals surface area contributed by atoms with E-state index in [9.17, 15) is 4.39 Å². The molecule has 0 radical (unpaired) electrons. The molecular formula is C13H20ClFN2. The zero-order chi connectivity index (χ0) is 11.2. The van der Waals surface area contributed by atoms with Crippen molar-refractivity contribution in [3.63, 3.8) is 0 Å². The van der Waals surface area contributed by atoms with Gasteiger partial charge < -0.3 is 10.6 Å². The number of rotatable bonds is 4. The molecule has 0 bridgehead atoms. The van der Waals surface area contributed by atoms with Gasteiger partial charge in [-0.15, -0.1) is 12.4 Å². The van der Waals surface area contributed by atoms with Gasteiger partial charge in [0, 0.05) is 6.54 Å². The van der Waals surface area contributed by atoms with Gasteiger partial charge in [0.25, 0.3) is 0 Å². The standard InChI is InChI=1S/C13H19FN2.ClH/c14-13-3-1-11(2-4-13)9-16-10-12-5-7-15-8-6-12;/h1-4,12,15-16H,5-10H2;1H. The second-order valence-electron chi connectivity index (χ2n) is 4.45. The Morgan fingerprint density at radius 1 is 1.18 bits per heavy atom. The van der Waals surface area contributed by atoms with Crippen molar-refractivity contribution in [1.29, 1.82) is 0 Å². The van der Waals surface area contributed by atoms with Crippen LogP contribution in [0, 0.1) is 11.7 Å². The molecule has 2 nitrogen and oxygen atoms in total. The van der Waals surface area contributed by atoms with E-state index < -0.39 is 0 Å². The third-order valence-electron chi connectivity index (χ3n) is 3.13. The molecule has 0 atom stereocenters. The molecule has 96 valence electrons. The number of nitrogens with one attached hydrogen (secondary N) is 2. The normalized spacial score (nSPS) is 16.5. The van der Waals surface area contributed by atoms with Crippen LogP contribution < -0.4 is 10.6 Å². The highest BCUT2D eigenvalue weighted by molar-refractivity contribution is 5.85. The van der Waals surface area contributed by atoms with Crippen LogP contribution in [0.15, 0.2) is 24.3 Å². The Bertz CT molecular complexity index is 310. The zero-order valence-electron chi connectivity index (χ0n) is 9.92. The van der Waals surface area contributed by atoms with Crippen LogP contribution in [0.1, 0.15) is 18.4 Å². The van der Waals surface area contributed by atoms with Crippen LogP contribution in [0.4, 0.5) is 4.39 Å². The molecule has 1 aliphatic heterocycles.